The van der Waals surface area contributed by atoms with E-state index in [0.717, 1.165) is 16.6 Å². The van der Waals surface area contributed by atoms with Crippen LogP contribution in [0.3, 0.4) is 0 Å². The Bertz CT molecular complexity index is 1420. The van der Waals surface area contributed by atoms with E-state index in [1.165, 1.54) is 6.20 Å². The summed E-state index contributed by atoms with van der Waals surface area (Å²) >= 11 is 0. The molecule has 2 aliphatic rings. The largest absolute Gasteiger partial charge is 0.377 e. The van der Waals surface area contributed by atoms with E-state index in [4.69, 9.17) is 14.5 Å². The number of aromatic nitrogens is 5. The van der Waals surface area contributed by atoms with Crippen molar-refractivity contribution in [2.24, 2.45) is 0 Å². The number of nitrogens with one attached hydrogen (secondary N) is 2. The Hall–Kier alpha value is -3.57. The number of ether oxygens (including phenoxy) is 2. The number of hydrogen-bond acceptors (Lipinski definition) is 7. The fraction of sp³-hybridized carbons (Fsp3) is 0.417. The van der Waals surface area contributed by atoms with Gasteiger partial charge >= 0.3 is 0 Å². The highest BCUT2D eigenvalue weighted by Gasteiger charge is 2.34. The average molecular weight is 480 g/mol. The number of carbonyl (C=O) groups is 1. The number of methoxy groups -OCH3 is 1. The fourth-order valence-corrected chi connectivity index (χ4v) is 4.85. The molecule has 1 aliphatic carbocycles. The number of halogens is 1. The molecule has 11 heteroatoms. The molecule has 10 nitrogen and oxygen atoms in total. The van der Waals surface area contributed by atoms with Crippen LogP contribution in [-0.4, -0.2) is 75.7 Å². The van der Waals surface area contributed by atoms with Crippen LogP contribution in [-0.2, 0) is 9.47 Å². The summed E-state index contributed by atoms with van der Waals surface area (Å²) in [4.78, 5) is 22.4. The molecule has 1 saturated heterocycles. The number of hydrogen-bond donors (Lipinski definition) is 2. The number of nitrogens with zero attached hydrogens (tertiary/aromatic N) is 5. The van der Waals surface area contributed by atoms with Gasteiger partial charge in [-0.3, -0.25) is 4.79 Å². The van der Waals surface area contributed by atoms with Crippen LogP contribution in [0.5, 0.6) is 0 Å². The molecule has 182 valence electrons. The Morgan fingerprint density at radius 3 is 2.91 bits per heavy atom. The molecule has 0 radical (unpaired) electrons. The first-order valence-corrected chi connectivity index (χ1v) is 11.7. The quantitative estimate of drug-likeness (QED) is 0.438. The standard InChI is InChI=1S/C24H26FN7O3/c1-26-21-8-18(29-23-14(9-28-32(21)23)24(33)30-17-6-5-16(17)25)15-10-31(19-11-35-12-20(19)34-2)22-13(15)4-3-7-27-22/h3-4,7-10,16-17,19-20,26H,5-6,11-12H2,1-2H3,(H,30,33)/t16-,17?,19-,20-/m0/s1. The number of fused-ring (bicyclic) bond motifs is 2. The zero-order valence-electron chi connectivity index (χ0n) is 19.4. The maximum atomic E-state index is 13.7. The van der Waals surface area contributed by atoms with Crippen molar-refractivity contribution in [1.82, 2.24) is 29.5 Å². The van der Waals surface area contributed by atoms with E-state index in [9.17, 15) is 9.18 Å². The van der Waals surface area contributed by atoms with Gasteiger partial charge in [0.2, 0.25) is 0 Å². The van der Waals surface area contributed by atoms with Crippen LogP contribution in [0.25, 0.3) is 27.9 Å². The van der Waals surface area contributed by atoms with E-state index in [0.29, 0.717) is 48.8 Å². The molecule has 1 aliphatic heterocycles. The molecule has 4 aromatic rings. The summed E-state index contributed by atoms with van der Waals surface area (Å²) in [6.45, 7) is 1.04. The smallest absolute Gasteiger partial charge is 0.257 e. The van der Waals surface area contributed by atoms with Gasteiger partial charge in [-0.2, -0.15) is 9.61 Å². The van der Waals surface area contributed by atoms with Crippen LogP contribution in [0.4, 0.5) is 10.2 Å². The number of carbonyl (C=O) groups excluding carboxylic acids is 1. The third kappa shape index (κ3) is 3.53. The summed E-state index contributed by atoms with van der Waals surface area (Å²) in [7, 11) is 3.47. The van der Waals surface area contributed by atoms with Crippen molar-refractivity contribution in [3.05, 3.63) is 42.4 Å². The van der Waals surface area contributed by atoms with E-state index in [1.807, 2.05) is 24.4 Å². The van der Waals surface area contributed by atoms with Gasteiger partial charge in [0.1, 0.15) is 29.3 Å². The number of anilines is 1. The first-order chi connectivity index (χ1) is 17.1. The zero-order chi connectivity index (χ0) is 24.1. The van der Waals surface area contributed by atoms with Crippen molar-refractivity contribution in [2.45, 2.75) is 37.2 Å². The fourth-order valence-electron chi connectivity index (χ4n) is 4.85. The zero-order valence-corrected chi connectivity index (χ0v) is 19.4. The summed E-state index contributed by atoms with van der Waals surface area (Å²) in [6, 6.07) is 5.28. The Morgan fingerprint density at radius 2 is 2.17 bits per heavy atom. The second-order valence-corrected chi connectivity index (χ2v) is 8.95. The van der Waals surface area contributed by atoms with Gasteiger partial charge in [0.15, 0.2) is 5.65 Å². The molecule has 5 heterocycles. The molecule has 4 aromatic heterocycles. The van der Waals surface area contributed by atoms with Crippen LogP contribution in [0, 0.1) is 0 Å². The van der Waals surface area contributed by atoms with E-state index in [1.54, 1.807) is 24.9 Å². The summed E-state index contributed by atoms with van der Waals surface area (Å²) in [5.41, 5.74) is 3.02. The molecule has 2 N–H and O–H groups in total. The van der Waals surface area contributed by atoms with Gasteiger partial charge < -0.3 is 24.7 Å². The van der Waals surface area contributed by atoms with Crippen molar-refractivity contribution < 1.29 is 18.7 Å². The third-order valence-electron chi connectivity index (χ3n) is 7.00. The topological polar surface area (TPSA) is 108 Å². The lowest BCUT2D eigenvalue weighted by Crippen LogP contribution is -2.48. The van der Waals surface area contributed by atoms with Crippen molar-refractivity contribution in [1.29, 1.82) is 0 Å². The van der Waals surface area contributed by atoms with E-state index < -0.39 is 12.2 Å². The Kier molecular flexibility index (Phi) is 5.37. The predicted octanol–water partition coefficient (Wildman–Crippen LogP) is 2.60. The number of rotatable bonds is 6. The minimum atomic E-state index is -1.01. The highest BCUT2D eigenvalue weighted by molar-refractivity contribution is 6.01. The molecular formula is C24H26FN7O3. The van der Waals surface area contributed by atoms with Crippen molar-refractivity contribution in [2.75, 3.05) is 32.7 Å². The second-order valence-electron chi connectivity index (χ2n) is 8.95. The molecule has 2 fully saturated rings. The average Bonchev–Trinajstić information content (AvgIpc) is 3.61. The summed E-state index contributed by atoms with van der Waals surface area (Å²) in [5, 5.41) is 11.2. The Morgan fingerprint density at radius 1 is 1.29 bits per heavy atom. The van der Waals surface area contributed by atoms with Gasteiger partial charge in [0, 0.05) is 43.6 Å². The van der Waals surface area contributed by atoms with E-state index >= 15 is 0 Å². The van der Waals surface area contributed by atoms with Crippen LogP contribution >= 0.6 is 0 Å². The molecule has 0 aromatic carbocycles. The molecule has 4 atom stereocenters. The van der Waals surface area contributed by atoms with Crippen molar-refractivity contribution in [3.63, 3.8) is 0 Å². The molecule has 35 heavy (non-hydrogen) atoms. The van der Waals surface area contributed by atoms with E-state index in [-0.39, 0.29) is 18.1 Å². The van der Waals surface area contributed by atoms with Gasteiger partial charge in [0.05, 0.1) is 37.2 Å². The van der Waals surface area contributed by atoms with Crippen molar-refractivity contribution in [3.8, 4) is 11.3 Å². The van der Waals surface area contributed by atoms with Crippen LogP contribution in [0.15, 0.2) is 36.8 Å². The normalized spacial score (nSPS) is 24.1. The maximum absolute atomic E-state index is 13.7. The third-order valence-corrected chi connectivity index (χ3v) is 7.00. The van der Waals surface area contributed by atoms with Crippen LogP contribution in [0.2, 0.25) is 0 Å². The minimum absolute atomic E-state index is 0.0221. The van der Waals surface area contributed by atoms with E-state index in [2.05, 4.69) is 25.3 Å². The molecule has 0 spiro atoms. The second kappa shape index (κ2) is 8.58. The summed E-state index contributed by atoms with van der Waals surface area (Å²) in [6.07, 6.45) is 5.25. The van der Waals surface area contributed by atoms with Gasteiger partial charge in [-0.1, -0.05) is 0 Å². The van der Waals surface area contributed by atoms with Crippen LogP contribution in [0.1, 0.15) is 29.2 Å². The van der Waals surface area contributed by atoms with Crippen molar-refractivity contribution >= 4 is 28.4 Å². The molecule has 0 bridgehead atoms. The lowest BCUT2D eigenvalue weighted by molar-refractivity contribution is 0.0692. The summed E-state index contributed by atoms with van der Waals surface area (Å²) < 4.78 is 28.7. The number of pyridine rings is 1. The lowest BCUT2D eigenvalue weighted by atomic mass is 9.90. The number of amides is 1. The SMILES string of the molecule is CNc1cc(-c2cn([C@H]3COC[C@@H]3OC)c3ncccc23)nc2c(C(=O)NC3CC[C@@H]3F)cnn12. The summed E-state index contributed by atoms with van der Waals surface area (Å²) in [5.74, 6) is 0.286. The molecule has 1 unspecified atom stereocenters. The number of alkyl halides is 1. The highest BCUT2D eigenvalue weighted by Crippen LogP contribution is 2.35. The Labute approximate surface area is 200 Å². The van der Waals surface area contributed by atoms with Gasteiger partial charge in [-0.15, -0.1) is 0 Å². The first kappa shape index (κ1) is 21.9. The van der Waals surface area contributed by atoms with Crippen LogP contribution < -0.4 is 10.6 Å². The first-order valence-electron chi connectivity index (χ1n) is 11.7. The van der Waals surface area contributed by atoms with Gasteiger partial charge in [-0.25, -0.2) is 14.4 Å². The molecule has 6 rings (SSSR count). The monoisotopic (exact) mass is 479 g/mol. The van der Waals surface area contributed by atoms with Gasteiger partial charge in [0.25, 0.3) is 5.91 Å². The highest BCUT2D eigenvalue weighted by atomic mass is 19.1. The Balaban J connectivity index is 1.47. The minimum Gasteiger partial charge on any atom is -0.377 e. The predicted molar refractivity (Wildman–Crippen MR) is 127 cm³/mol. The molecular weight excluding hydrogens is 453 g/mol. The molecule has 1 amide bonds. The maximum Gasteiger partial charge on any atom is 0.257 e. The van der Waals surface area contributed by atoms with Gasteiger partial charge in [-0.05, 0) is 25.0 Å². The molecule has 1 saturated carbocycles. The lowest BCUT2D eigenvalue weighted by Gasteiger charge is -2.30.